The molecule has 0 spiro atoms. The zero-order chi connectivity index (χ0) is 30.6. The molecule has 0 bridgehead atoms. The molecule has 1 aliphatic heterocycles. The Morgan fingerprint density at radius 1 is 1.05 bits per heavy atom. The van der Waals surface area contributed by atoms with E-state index in [1.54, 1.807) is 12.1 Å². The summed E-state index contributed by atoms with van der Waals surface area (Å²) < 4.78 is 22.1. The quantitative estimate of drug-likeness (QED) is 0.220. The maximum absolute atomic E-state index is 14.3. The molecule has 7 heteroatoms. The fourth-order valence-electron chi connectivity index (χ4n) is 8.03. The molecule has 2 aromatic carbocycles. The number of rotatable bonds is 13. The molecule has 0 radical (unpaired) electrons. The van der Waals surface area contributed by atoms with Gasteiger partial charge < -0.3 is 14.7 Å². The Kier molecular flexibility index (Phi) is 9.70. The van der Waals surface area contributed by atoms with E-state index in [4.69, 9.17) is 9.84 Å². The van der Waals surface area contributed by atoms with Gasteiger partial charge in [-0.1, -0.05) is 37.1 Å². The molecule has 2 saturated carbocycles. The minimum absolute atomic E-state index is 0.164. The van der Waals surface area contributed by atoms with Crippen molar-refractivity contribution >= 4 is 5.97 Å². The number of hydrogen-bond acceptors (Lipinski definition) is 4. The normalized spacial score (nSPS) is 23.6. The first-order valence-corrected chi connectivity index (χ1v) is 16.9. The Morgan fingerprint density at radius 3 is 2.48 bits per heavy atom. The second-order valence-electron chi connectivity index (χ2n) is 13.5. The third-order valence-electron chi connectivity index (χ3n) is 10.5. The van der Waals surface area contributed by atoms with E-state index in [1.807, 2.05) is 25.1 Å². The van der Waals surface area contributed by atoms with Gasteiger partial charge in [-0.25, -0.2) is 4.39 Å². The van der Waals surface area contributed by atoms with Gasteiger partial charge in [-0.2, -0.15) is 5.10 Å². The zero-order valence-electron chi connectivity index (χ0n) is 26.3. The number of carboxylic acids is 1. The molecule has 1 N–H and O–H groups in total. The van der Waals surface area contributed by atoms with E-state index in [1.165, 1.54) is 30.2 Å². The monoisotopic (exact) mass is 601 g/mol. The first kappa shape index (κ1) is 30.8. The van der Waals surface area contributed by atoms with Gasteiger partial charge in [-0.15, -0.1) is 0 Å². The number of benzene rings is 2. The number of nitrogens with zero attached hydrogens (tertiary/aromatic N) is 3. The van der Waals surface area contributed by atoms with Crippen LogP contribution in [-0.2, 0) is 17.8 Å². The molecule has 1 aromatic heterocycles. The van der Waals surface area contributed by atoms with E-state index in [-0.39, 0.29) is 23.6 Å². The van der Waals surface area contributed by atoms with Crippen LogP contribution in [-0.4, -0.2) is 52.0 Å². The Morgan fingerprint density at radius 2 is 1.82 bits per heavy atom. The average molecular weight is 602 g/mol. The molecule has 3 aliphatic rings. The highest BCUT2D eigenvalue weighted by atomic mass is 19.1. The Labute approximate surface area is 261 Å². The summed E-state index contributed by atoms with van der Waals surface area (Å²) in [7, 11) is 0. The molecule has 2 heterocycles. The largest absolute Gasteiger partial charge is 0.494 e. The van der Waals surface area contributed by atoms with Crippen LogP contribution in [0.4, 0.5) is 4.39 Å². The van der Waals surface area contributed by atoms with Gasteiger partial charge in [0.15, 0.2) is 0 Å². The lowest BCUT2D eigenvalue weighted by molar-refractivity contribution is -0.144. The highest BCUT2D eigenvalue weighted by Crippen LogP contribution is 2.49. The second-order valence-corrected chi connectivity index (χ2v) is 13.5. The summed E-state index contributed by atoms with van der Waals surface area (Å²) >= 11 is 0. The number of halogens is 1. The summed E-state index contributed by atoms with van der Waals surface area (Å²) in [6.45, 7) is 8.70. The van der Waals surface area contributed by atoms with Crippen molar-refractivity contribution in [1.82, 2.24) is 14.7 Å². The molecule has 236 valence electrons. The molecule has 3 fully saturated rings. The summed E-state index contributed by atoms with van der Waals surface area (Å²) in [4.78, 5) is 14.9. The van der Waals surface area contributed by atoms with Crippen molar-refractivity contribution in [3.8, 4) is 5.75 Å². The van der Waals surface area contributed by atoms with Crippen molar-refractivity contribution in [2.24, 2.45) is 23.7 Å². The number of ether oxygens (including phenoxy) is 1. The number of piperidine rings is 1. The van der Waals surface area contributed by atoms with Crippen molar-refractivity contribution in [1.29, 1.82) is 0 Å². The molecule has 2 aliphatic carbocycles. The van der Waals surface area contributed by atoms with Crippen LogP contribution >= 0.6 is 0 Å². The van der Waals surface area contributed by atoms with Gasteiger partial charge in [0, 0.05) is 31.1 Å². The van der Waals surface area contributed by atoms with E-state index < -0.39 is 5.97 Å². The fraction of sp³-hybridized carbons (Fsp3) is 0.568. The number of carboxylic acid groups (broad SMARTS) is 1. The van der Waals surface area contributed by atoms with Gasteiger partial charge in [-0.3, -0.25) is 9.48 Å². The number of likely N-dealkylation sites (tertiary alicyclic amines) is 1. The standard InChI is InChI=1S/C37H48FN3O3/c1-3-41-36(23-32(39-41)18-25-10-12-33(13-11-25)44-4-2)27-14-16-40(17-15-27)24-30-20-29(35(37(42)43)19-26-8-9-26)22-34(30)28-6-5-7-31(38)21-28/h5-7,10-13,21,23,26-27,29-30,34-35H,3-4,8-9,14-20,22,24H2,1-2H3,(H,42,43)/t29?,30?,34?,35-/m0/s1. The molecule has 6 nitrogen and oxygen atoms in total. The molecule has 3 unspecified atom stereocenters. The summed E-state index contributed by atoms with van der Waals surface area (Å²) in [5.74, 6) is 1.57. The number of hydrogen-bond donors (Lipinski definition) is 1. The average Bonchev–Trinajstić information content (AvgIpc) is 3.62. The van der Waals surface area contributed by atoms with Gasteiger partial charge in [0.25, 0.3) is 0 Å². The second kappa shape index (κ2) is 13.8. The van der Waals surface area contributed by atoms with E-state index in [2.05, 4.69) is 34.7 Å². The molecule has 3 aromatic rings. The molecular formula is C37H48FN3O3. The molecule has 44 heavy (non-hydrogen) atoms. The molecule has 1 saturated heterocycles. The maximum Gasteiger partial charge on any atom is 0.306 e. The van der Waals surface area contributed by atoms with Gasteiger partial charge >= 0.3 is 5.97 Å². The van der Waals surface area contributed by atoms with Gasteiger partial charge in [0.2, 0.25) is 0 Å². The van der Waals surface area contributed by atoms with Crippen molar-refractivity contribution < 1.29 is 19.0 Å². The van der Waals surface area contributed by atoms with Crippen molar-refractivity contribution in [3.05, 3.63) is 82.9 Å². The van der Waals surface area contributed by atoms with Crippen molar-refractivity contribution in [2.75, 3.05) is 26.2 Å². The van der Waals surface area contributed by atoms with Crippen LogP contribution in [0.15, 0.2) is 54.6 Å². The van der Waals surface area contributed by atoms with Crippen LogP contribution < -0.4 is 4.74 Å². The summed E-state index contributed by atoms with van der Waals surface area (Å²) in [5, 5.41) is 15.1. The van der Waals surface area contributed by atoms with Crippen LogP contribution in [0.5, 0.6) is 5.75 Å². The van der Waals surface area contributed by atoms with E-state index in [0.717, 1.165) is 81.7 Å². The number of carbonyl (C=O) groups is 1. The van der Waals surface area contributed by atoms with Gasteiger partial charge in [0.05, 0.1) is 18.2 Å². The lowest BCUT2D eigenvalue weighted by Gasteiger charge is -2.35. The lowest BCUT2D eigenvalue weighted by Crippen LogP contribution is -2.37. The minimum atomic E-state index is -0.643. The first-order valence-electron chi connectivity index (χ1n) is 16.9. The van der Waals surface area contributed by atoms with Crippen LogP contribution in [0, 0.1) is 29.5 Å². The molecule has 4 atom stereocenters. The lowest BCUT2D eigenvalue weighted by atomic mass is 9.85. The third-order valence-corrected chi connectivity index (χ3v) is 10.5. The van der Waals surface area contributed by atoms with Crippen LogP contribution in [0.3, 0.4) is 0 Å². The summed E-state index contributed by atoms with van der Waals surface area (Å²) in [6.07, 6.45) is 7.91. The van der Waals surface area contributed by atoms with Crippen LogP contribution in [0.25, 0.3) is 0 Å². The Bertz CT molecular complexity index is 1390. The number of aliphatic carboxylic acids is 1. The minimum Gasteiger partial charge on any atom is -0.494 e. The zero-order valence-corrected chi connectivity index (χ0v) is 26.3. The highest BCUT2D eigenvalue weighted by Gasteiger charge is 2.43. The van der Waals surface area contributed by atoms with E-state index >= 15 is 0 Å². The Balaban J connectivity index is 1.10. The highest BCUT2D eigenvalue weighted by molar-refractivity contribution is 5.70. The van der Waals surface area contributed by atoms with Crippen molar-refractivity contribution in [2.45, 2.75) is 83.6 Å². The number of aryl methyl sites for hydroxylation is 1. The fourth-order valence-corrected chi connectivity index (χ4v) is 8.03. The van der Waals surface area contributed by atoms with Gasteiger partial charge in [0.1, 0.15) is 11.6 Å². The molecular weight excluding hydrogens is 553 g/mol. The van der Waals surface area contributed by atoms with E-state index in [9.17, 15) is 14.3 Å². The summed E-state index contributed by atoms with van der Waals surface area (Å²) in [5.41, 5.74) is 4.73. The molecule has 6 rings (SSSR count). The Hall–Kier alpha value is -3.19. The van der Waals surface area contributed by atoms with Gasteiger partial charge in [-0.05, 0) is 124 Å². The third kappa shape index (κ3) is 7.36. The summed E-state index contributed by atoms with van der Waals surface area (Å²) in [6, 6.07) is 17.7. The predicted molar refractivity (Wildman–Crippen MR) is 171 cm³/mol. The molecule has 0 amide bonds. The maximum atomic E-state index is 14.3. The number of aromatic nitrogens is 2. The van der Waals surface area contributed by atoms with Crippen LogP contribution in [0.1, 0.15) is 93.1 Å². The van der Waals surface area contributed by atoms with Crippen molar-refractivity contribution in [3.63, 3.8) is 0 Å². The topological polar surface area (TPSA) is 67.6 Å². The SMILES string of the molecule is CCOc1ccc(Cc2cc(C3CCN(CC4CC([C@H](CC5CC5)C(=O)O)CC4c4cccc(F)c4)CC3)n(CC)n2)cc1. The predicted octanol–water partition coefficient (Wildman–Crippen LogP) is 7.52. The first-order chi connectivity index (χ1) is 21.4. The van der Waals surface area contributed by atoms with Crippen LogP contribution in [0.2, 0.25) is 0 Å². The van der Waals surface area contributed by atoms with E-state index in [0.29, 0.717) is 24.4 Å². The smallest absolute Gasteiger partial charge is 0.306 e.